The molecule has 0 aliphatic carbocycles. The zero-order valence-electron chi connectivity index (χ0n) is 8.89. The number of carbonyl (C=O) groups is 2. The number of aliphatic carboxylic acids is 1. The highest BCUT2D eigenvalue weighted by Crippen LogP contribution is 2.10. The maximum absolute atomic E-state index is 11.6. The summed E-state index contributed by atoms with van der Waals surface area (Å²) in [6.45, 7) is 1.44. The van der Waals surface area contributed by atoms with E-state index in [0.29, 0.717) is 0 Å². The number of aromatic nitrogens is 1. The quantitative estimate of drug-likeness (QED) is 0.725. The van der Waals surface area contributed by atoms with Crippen LogP contribution in [0.15, 0.2) is 11.6 Å². The first kappa shape index (κ1) is 12.6. The van der Waals surface area contributed by atoms with Gasteiger partial charge in [0, 0.05) is 30.8 Å². The number of hydrogen-bond acceptors (Lipinski definition) is 5. The zero-order valence-corrected chi connectivity index (χ0v) is 9.71. The van der Waals surface area contributed by atoms with Crippen molar-refractivity contribution >= 4 is 23.4 Å². The van der Waals surface area contributed by atoms with Crippen LogP contribution in [0.3, 0.4) is 0 Å². The first-order valence-electron chi connectivity index (χ1n) is 4.46. The predicted octanol–water partition coefficient (Wildman–Crippen LogP) is 0.249. The lowest BCUT2D eigenvalue weighted by Gasteiger charge is -2.21. The fourth-order valence-corrected chi connectivity index (χ4v) is 1.48. The van der Waals surface area contributed by atoms with E-state index in [-0.39, 0.29) is 6.54 Å². The van der Waals surface area contributed by atoms with E-state index in [0.717, 1.165) is 5.56 Å². The molecule has 16 heavy (non-hydrogen) atoms. The van der Waals surface area contributed by atoms with Crippen molar-refractivity contribution in [3.8, 4) is 0 Å². The number of hydrogen-bond donors (Lipinski definition) is 2. The van der Waals surface area contributed by atoms with Gasteiger partial charge in [-0.25, -0.2) is 9.17 Å². The van der Waals surface area contributed by atoms with Crippen molar-refractivity contribution in [1.29, 1.82) is 0 Å². The van der Waals surface area contributed by atoms with Crippen molar-refractivity contribution in [3.63, 3.8) is 0 Å². The number of rotatable bonds is 5. The third kappa shape index (κ3) is 2.56. The Labute approximate surface area is 96.4 Å². The molecule has 0 bridgehead atoms. The lowest BCUT2D eigenvalue weighted by molar-refractivity contribution is -0.167. The van der Waals surface area contributed by atoms with Crippen molar-refractivity contribution < 1.29 is 19.4 Å². The molecule has 0 spiro atoms. The van der Waals surface area contributed by atoms with Gasteiger partial charge in [0.25, 0.3) is 5.91 Å². The minimum atomic E-state index is -1.86. The highest BCUT2D eigenvalue weighted by molar-refractivity contribution is 7.03. The molecular formula is C9H12N2O4S. The first-order chi connectivity index (χ1) is 7.50. The highest BCUT2D eigenvalue weighted by atomic mass is 32.1. The van der Waals surface area contributed by atoms with Crippen molar-refractivity contribution in [1.82, 2.24) is 9.69 Å². The minimum Gasteiger partial charge on any atom is -0.479 e. The van der Waals surface area contributed by atoms with Crippen molar-refractivity contribution in [2.45, 2.75) is 19.1 Å². The Balaban J connectivity index is 2.60. The number of amides is 1. The fourth-order valence-electron chi connectivity index (χ4n) is 0.942. The van der Waals surface area contributed by atoms with Crippen LogP contribution in [0.2, 0.25) is 0 Å². The smallest absolute Gasteiger partial charge is 0.345 e. The molecule has 1 unspecified atom stereocenters. The molecular weight excluding hydrogens is 232 g/mol. The fraction of sp³-hybridized carbons (Fsp3) is 0.444. The lowest BCUT2D eigenvalue weighted by Crippen LogP contribution is -2.51. The summed E-state index contributed by atoms with van der Waals surface area (Å²) >= 11 is 1.26. The van der Waals surface area contributed by atoms with E-state index in [1.807, 2.05) is 0 Å². The van der Waals surface area contributed by atoms with Gasteiger partial charge in [0.2, 0.25) is 5.60 Å². The number of ether oxygens (including phenoxy) is 1. The summed E-state index contributed by atoms with van der Waals surface area (Å²) < 4.78 is 8.57. The van der Waals surface area contributed by atoms with Gasteiger partial charge in [-0.2, -0.15) is 0 Å². The monoisotopic (exact) mass is 244 g/mol. The van der Waals surface area contributed by atoms with Gasteiger partial charge in [0.15, 0.2) is 0 Å². The van der Waals surface area contributed by atoms with Gasteiger partial charge in [0.1, 0.15) is 0 Å². The van der Waals surface area contributed by atoms with Gasteiger partial charge in [-0.05, 0) is 18.5 Å². The van der Waals surface area contributed by atoms with E-state index >= 15 is 0 Å². The second-order valence-electron chi connectivity index (χ2n) is 3.26. The third-order valence-electron chi connectivity index (χ3n) is 2.19. The minimum absolute atomic E-state index is 0.238. The largest absolute Gasteiger partial charge is 0.479 e. The summed E-state index contributed by atoms with van der Waals surface area (Å²) in [5.41, 5.74) is -1.04. The summed E-state index contributed by atoms with van der Waals surface area (Å²) in [7, 11) is 1.18. The average Bonchev–Trinajstić information content (AvgIpc) is 2.77. The summed E-state index contributed by atoms with van der Waals surface area (Å²) in [4.78, 5) is 22.5. The second kappa shape index (κ2) is 5.04. The molecule has 0 aliphatic rings. The van der Waals surface area contributed by atoms with Gasteiger partial charge in [0.05, 0.1) is 0 Å². The van der Waals surface area contributed by atoms with E-state index in [1.54, 1.807) is 11.6 Å². The molecule has 2 N–H and O–H groups in total. The van der Waals surface area contributed by atoms with Crippen molar-refractivity contribution in [2.24, 2.45) is 0 Å². The van der Waals surface area contributed by atoms with Crippen LogP contribution in [0.1, 0.15) is 12.5 Å². The topological polar surface area (TPSA) is 88.5 Å². The molecule has 0 aromatic carbocycles. The Morgan fingerprint density at radius 3 is 2.81 bits per heavy atom. The number of nitrogens with one attached hydrogen (secondary N) is 1. The van der Waals surface area contributed by atoms with E-state index in [9.17, 15) is 9.59 Å². The Kier molecular flexibility index (Phi) is 3.97. The average molecular weight is 244 g/mol. The molecule has 0 saturated carbocycles. The third-order valence-corrected chi connectivity index (χ3v) is 2.82. The van der Waals surface area contributed by atoms with Crippen LogP contribution in [0.4, 0.5) is 0 Å². The lowest BCUT2D eigenvalue weighted by atomic mass is 10.1. The number of methoxy groups -OCH3 is 1. The van der Waals surface area contributed by atoms with Crippen LogP contribution in [0.25, 0.3) is 0 Å². The molecule has 88 valence electrons. The van der Waals surface area contributed by atoms with E-state index in [1.165, 1.54) is 25.6 Å². The molecule has 1 aromatic heterocycles. The van der Waals surface area contributed by atoms with Crippen LogP contribution in [-0.2, 0) is 20.9 Å². The number of nitrogens with zero attached hydrogens (tertiary/aromatic N) is 1. The van der Waals surface area contributed by atoms with Crippen molar-refractivity contribution in [3.05, 3.63) is 17.1 Å². The Morgan fingerprint density at radius 2 is 2.38 bits per heavy atom. The summed E-state index contributed by atoms with van der Waals surface area (Å²) in [6.07, 6.45) is 1.61. The number of carboxylic acids is 1. The predicted molar refractivity (Wildman–Crippen MR) is 57.0 cm³/mol. The van der Waals surface area contributed by atoms with Crippen LogP contribution in [0.5, 0.6) is 0 Å². The standard InChI is InChI=1S/C9H12N2O4S/c1-9(15-2,8(13)14)7(12)10-3-6-4-11-16-5-6/h4-5H,3H2,1-2H3,(H,10,12)(H,13,14). The van der Waals surface area contributed by atoms with Crippen molar-refractivity contribution in [2.75, 3.05) is 7.11 Å². The Hall–Kier alpha value is -1.47. The molecule has 0 saturated heterocycles. The second-order valence-corrected chi connectivity index (χ2v) is 3.92. The van der Waals surface area contributed by atoms with E-state index < -0.39 is 17.5 Å². The molecule has 1 amide bonds. The molecule has 1 aromatic rings. The zero-order chi connectivity index (χ0) is 12.2. The van der Waals surface area contributed by atoms with Gasteiger partial charge >= 0.3 is 5.97 Å². The maximum Gasteiger partial charge on any atom is 0.345 e. The van der Waals surface area contributed by atoms with Crippen LogP contribution < -0.4 is 5.32 Å². The molecule has 1 atom stereocenters. The first-order valence-corrected chi connectivity index (χ1v) is 5.29. The molecule has 0 aliphatic heterocycles. The van der Waals surface area contributed by atoms with Gasteiger partial charge < -0.3 is 15.2 Å². The summed E-state index contributed by atoms with van der Waals surface area (Å²) in [5, 5.41) is 13.1. The molecule has 0 fully saturated rings. The number of carboxylic acid groups (broad SMARTS) is 1. The van der Waals surface area contributed by atoms with Gasteiger partial charge in [-0.15, -0.1) is 0 Å². The summed E-state index contributed by atoms with van der Waals surface area (Å²) in [5.74, 6) is -2.01. The molecule has 0 radical (unpaired) electrons. The molecule has 7 heteroatoms. The van der Waals surface area contributed by atoms with Gasteiger partial charge in [-0.1, -0.05) is 0 Å². The molecule has 6 nitrogen and oxygen atoms in total. The molecule has 1 rings (SSSR count). The van der Waals surface area contributed by atoms with Crippen LogP contribution in [-0.4, -0.2) is 34.1 Å². The SMILES string of the molecule is COC(C)(C(=O)O)C(=O)NCc1cnsc1. The van der Waals surface area contributed by atoms with E-state index in [4.69, 9.17) is 9.84 Å². The molecule has 1 heterocycles. The van der Waals surface area contributed by atoms with Crippen LogP contribution in [0, 0.1) is 0 Å². The van der Waals surface area contributed by atoms with Crippen LogP contribution >= 0.6 is 11.5 Å². The van der Waals surface area contributed by atoms with E-state index in [2.05, 4.69) is 9.69 Å². The highest BCUT2D eigenvalue weighted by Gasteiger charge is 2.41. The van der Waals surface area contributed by atoms with Gasteiger partial charge in [-0.3, -0.25) is 4.79 Å². The Morgan fingerprint density at radius 1 is 1.69 bits per heavy atom. The summed E-state index contributed by atoms with van der Waals surface area (Å²) in [6, 6.07) is 0. The maximum atomic E-state index is 11.6. The number of carbonyl (C=O) groups excluding carboxylic acids is 1. The Bertz CT molecular complexity index is 379. The normalized spacial score (nSPS) is 14.1.